The van der Waals surface area contributed by atoms with Gasteiger partial charge in [-0.15, -0.1) is 0 Å². The zero-order chi connectivity index (χ0) is 13.5. The lowest BCUT2D eigenvalue weighted by Gasteiger charge is -2.01. The Hall–Kier alpha value is -2.04. The maximum absolute atomic E-state index is 11.8. The molecule has 18 heavy (non-hydrogen) atoms. The van der Waals surface area contributed by atoms with Crippen LogP contribution in [-0.4, -0.2) is 16.5 Å². The highest BCUT2D eigenvalue weighted by molar-refractivity contribution is 6.09. The Morgan fingerprint density at radius 1 is 1.28 bits per heavy atom. The van der Waals surface area contributed by atoms with Gasteiger partial charge >= 0.3 is 0 Å². The van der Waals surface area contributed by atoms with Crippen molar-refractivity contribution in [2.24, 2.45) is 0 Å². The van der Waals surface area contributed by atoms with Crippen LogP contribution in [0.15, 0.2) is 24.3 Å². The van der Waals surface area contributed by atoms with E-state index in [2.05, 4.69) is 0 Å². The normalized spacial score (nSPS) is 10.1. The van der Waals surface area contributed by atoms with Crippen molar-refractivity contribution in [3.8, 4) is 0 Å². The molecule has 0 heterocycles. The summed E-state index contributed by atoms with van der Waals surface area (Å²) in [6.07, 6.45) is 1.71. The standard InChI is InChI=1S/C13H15NO4/c1-2-3-6-10(15)9-13(16)11-7-4-5-8-12(11)14(17)18/h4-5,7-8H,2-3,6,9H2,1H3. The fourth-order valence-corrected chi connectivity index (χ4v) is 1.61. The van der Waals surface area contributed by atoms with Gasteiger partial charge in [-0.1, -0.05) is 25.5 Å². The molecule has 0 aliphatic carbocycles. The Bertz CT molecular complexity index is 468. The van der Waals surface area contributed by atoms with Crippen LogP contribution in [0.1, 0.15) is 43.0 Å². The zero-order valence-electron chi connectivity index (χ0n) is 10.2. The molecule has 1 rings (SSSR count). The molecule has 0 saturated carbocycles. The second-order valence-corrected chi connectivity index (χ2v) is 4.02. The van der Waals surface area contributed by atoms with Gasteiger partial charge in [0.15, 0.2) is 5.78 Å². The van der Waals surface area contributed by atoms with Crippen LogP contribution in [0, 0.1) is 10.1 Å². The number of nitro benzene ring substituents is 1. The number of carbonyl (C=O) groups excluding carboxylic acids is 2. The van der Waals surface area contributed by atoms with Crippen molar-refractivity contribution in [3.63, 3.8) is 0 Å². The molecule has 0 N–H and O–H groups in total. The minimum absolute atomic E-state index is 0.00680. The van der Waals surface area contributed by atoms with Gasteiger partial charge in [-0.05, 0) is 12.5 Å². The van der Waals surface area contributed by atoms with Crippen LogP contribution >= 0.6 is 0 Å². The van der Waals surface area contributed by atoms with Crippen molar-refractivity contribution in [2.45, 2.75) is 32.6 Å². The maximum atomic E-state index is 11.8. The van der Waals surface area contributed by atoms with Gasteiger partial charge in [-0.2, -0.15) is 0 Å². The summed E-state index contributed by atoms with van der Waals surface area (Å²) in [4.78, 5) is 33.4. The first-order valence-electron chi connectivity index (χ1n) is 5.84. The molecule has 0 bridgehead atoms. The van der Waals surface area contributed by atoms with Crippen LogP contribution < -0.4 is 0 Å². The first-order chi connectivity index (χ1) is 8.56. The van der Waals surface area contributed by atoms with E-state index in [9.17, 15) is 19.7 Å². The minimum atomic E-state index is -0.607. The van der Waals surface area contributed by atoms with Crippen LogP contribution in [0.5, 0.6) is 0 Å². The largest absolute Gasteiger partial charge is 0.299 e. The average molecular weight is 249 g/mol. The van der Waals surface area contributed by atoms with Gasteiger partial charge in [0.2, 0.25) is 0 Å². The lowest BCUT2D eigenvalue weighted by atomic mass is 10.0. The van der Waals surface area contributed by atoms with E-state index < -0.39 is 10.7 Å². The van der Waals surface area contributed by atoms with E-state index in [0.717, 1.165) is 12.8 Å². The summed E-state index contributed by atoms with van der Waals surface area (Å²) in [7, 11) is 0. The minimum Gasteiger partial charge on any atom is -0.299 e. The molecule has 0 fully saturated rings. The summed E-state index contributed by atoms with van der Waals surface area (Å²) in [5.74, 6) is -0.650. The molecule has 0 unspecified atom stereocenters. The summed E-state index contributed by atoms with van der Waals surface area (Å²) in [6, 6.07) is 5.70. The molecule has 0 atom stereocenters. The highest BCUT2D eigenvalue weighted by Gasteiger charge is 2.20. The van der Waals surface area contributed by atoms with Crippen molar-refractivity contribution >= 4 is 17.3 Å². The van der Waals surface area contributed by atoms with Gasteiger partial charge in [-0.3, -0.25) is 19.7 Å². The number of ketones is 2. The topological polar surface area (TPSA) is 77.3 Å². The predicted molar refractivity (Wildman–Crippen MR) is 66.6 cm³/mol. The van der Waals surface area contributed by atoms with Crippen molar-refractivity contribution in [1.29, 1.82) is 0 Å². The summed E-state index contributed by atoms with van der Waals surface area (Å²) in [6.45, 7) is 1.96. The number of hydrogen-bond acceptors (Lipinski definition) is 4. The Morgan fingerprint density at radius 2 is 1.94 bits per heavy atom. The van der Waals surface area contributed by atoms with Crippen LogP contribution in [0.25, 0.3) is 0 Å². The number of Topliss-reactive ketones (excluding diaryl/α,β-unsaturated/α-hetero) is 2. The van der Waals surface area contributed by atoms with E-state index in [-0.39, 0.29) is 23.5 Å². The number of carbonyl (C=O) groups is 2. The Morgan fingerprint density at radius 3 is 2.56 bits per heavy atom. The summed E-state index contributed by atoms with van der Waals surface area (Å²) < 4.78 is 0. The van der Waals surface area contributed by atoms with Crippen LogP contribution in [0.4, 0.5) is 5.69 Å². The lowest BCUT2D eigenvalue weighted by Crippen LogP contribution is -2.10. The fourth-order valence-electron chi connectivity index (χ4n) is 1.61. The van der Waals surface area contributed by atoms with Crippen molar-refractivity contribution in [1.82, 2.24) is 0 Å². The van der Waals surface area contributed by atoms with Gasteiger partial charge in [0.05, 0.1) is 16.9 Å². The summed E-state index contributed by atoms with van der Waals surface area (Å²) >= 11 is 0. The number of nitro groups is 1. The monoisotopic (exact) mass is 249 g/mol. The number of para-hydroxylation sites is 1. The van der Waals surface area contributed by atoms with Crippen molar-refractivity contribution < 1.29 is 14.5 Å². The first kappa shape index (κ1) is 14.0. The molecule has 0 spiro atoms. The molecule has 5 nitrogen and oxygen atoms in total. The number of unbranched alkanes of at least 4 members (excludes halogenated alkanes) is 1. The van der Waals surface area contributed by atoms with E-state index in [1.165, 1.54) is 18.2 Å². The summed E-state index contributed by atoms with van der Waals surface area (Å²) in [5.41, 5.74) is -0.238. The van der Waals surface area contributed by atoms with Crippen LogP contribution in [0.2, 0.25) is 0 Å². The first-order valence-corrected chi connectivity index (χ1v) is 5.84. The molecule has 0 aliphatic rings. The van der Waals surface area contributed by atoms with Gasteiger partial charge in [0.1, 0.15) is 5.78 Å². The molecule has 5 heteroatoms. The van der Waals surface area contributed by atoms with E-state index in [1.54, 1.807) is 6.07 Å². The third-order valence-electron chi connectivity index (χ3n) is 2.57. The second kappa shape index (κ2) is 6.64. The Labute approximate surface area is 105 Å². The second-order valence-electron chi connectivity index (χ2n) is 4.02. The zero-order valence-corrected chi connectivity index (χ0v) is 10.2. The SMILES string of the molecule is CCCCC(=O)CC(=O)c1ccccc1[N+](=O)[O-]. The molecule has 0 aromatic heterocycles. The van der Waals surface area contributed by atoms with Crippen molar-refractivity contribution in [2.75, 3.05) is 0 Å². The highest BCUT2D eigenvalue weighted by Crippen LogP contribution is 2.19. The van der Waals surface area contributed by atoms with E-state index >= 15 is 0 Å². The molecule has 1 aromatic carbocycles. The van der Waals surface area contributed by atoms with E-state index in [4.69, 9.17) is 0 Å². The molecule has 0 aliphatic heterocycles. The van der Waals surface area contributed by atoms with Crippen molar-refractivity contribution in [3.05, 3.63) is 39.9 Å². The third-order valence-corrected chi connectivity index (χ3v) is 2.57. The molecule has 0 saturated heterocycles. The fraction of sp³-hybridized carbons (Fsp3) is 0.385. The maximum Gasteiger partial charge on any atom is 0.280 e. The smallest absolute Gasteiger partial charge is 0.280 e. The van der Waals surface area contributed by atoms with E-state index in [0.29, 0.717) is 6.42 Å². The van der Waals surface area contributed by atoms with Gasteiger partial charge in [0, 0.05) is 12.5 Å². The lowest BCUT2D eigenvalue weighted by molar-refractivity contribution is -0.385. The quantitative estimate of drug-likeness (QED) is 0.322. The van der Waals surface area contributed by atoms with E-state index in [1.807, 2.05) is 6.92 Å². The highest BCUT2D eigenvalue weighted by atomic mass is 16.6. The molecular weight excluding hydrogens is 234 g/mol. The average Bonchev–Trinajstić information content (AvgIpc) is 2.36. The molecule has 96 valence electrons. The van der Waals surface area contributed by atoms with Gasteiger partial charge in [0.25, 0.3) is 5.69 Å². The Kier molecular flexibility index (Phi) is 5.17. The van der Waals surface area contributed by atoms with Crippen LogP contribution in [0.3, 0.4) is 0 Å². The molecule has 0 amide bonds. The van der Waals surface area contributed by atoms with Gasteiger partial charge < -0.3 is 0 Å². The third kappa shape index (κ3) is 3.76. The van der Waals surface area contributed by atoms with Gasteiger partial charge in [-0.25, -0.2) is 0 Å². The number of benzene rings is 1. The molecular formula is C13H15NO4. The number of nitrogens with zero attached hydrogens (tertiary/aromatic N) is 1. The van der Waals surface area contributed by atoms with Crippen LogP contribution in [-0.2, 0) is 4.79 Å². The number of rotatable bonds is 7. The summed E-state index contributed by atoms with van der Waals surface area (Å²) in [5, 5.41) is 10.8. The Balaban J connectivity index is 2.78. The molecule has 1 aromatic rings. The number of hydrogen-bond donors (Lipinski definition) is 0. The predicted octanol–water partition coefficient (Wildman–Crippen LogP) is 2.93. The molecule has 0 radical (unpaired) electrons.